The largest absolute Gasteiger partial charge is 0.486 e. The van der Waals surface area contributed by atoms with E-state index in [1.165, 1.54) is 12.1 Å². The SMILES string of the molecule is O=C(Nc1ccc(F)cc1)[C@H]([NH2+]CCc1ccc2c(c1)OCCO2)c1ccccc1. The Bertz CT molecular complexity index is 993. The first-order valence-electron chi connectivity index (χ1n) is 10.0. The molecule has 3 aromatic rings. The third-order valence-corrected chi connectivity index (χ3v) is 4.99. The zero-order valence-corrected chi connectivity index (χ0v) is 16.5. The lowest BCUT2D eigenvalue weighted by Crippen LogP contribution is -2.87. The van der Waals surface area contributed by atoms with Crippen molar-refractivity contribution in [2.24, 2.45) is 0 Å². The summed E-state index contributed by atoms with van der Waals surface area (Å²) in [5.41, 5.74) is 2.61. The predicted octanol–water partition coefficient (Wildman–Crippen LogP) is 3.08. The Morgan fingerprint density at radius 1 is 0.967 bits per heavy atom. The number of hydrogen-bond donors (Lipinski definition) is 2. The van der Waals surface area contributed by atoms with E-state index in [1.807, 2.05) is 53.8 Å². The highest BCUT2D eigenvalue weighted by molar-refractivity contribution is 5.94. The molecule has 3 N–H and O–H groups in total. The molecule has 0 spiro atoms. The summed E-state index contributed by atoms with van der Waals surface area (Å²) in [5, 5.41) is 4.90. The van der Waals surface area contributed by atoms with E-state index in [0.29, 0.717) is 18.9 Å². The number of carbonyl (C=O) groups excluding carboxylic acids is 1. The van der Waals surface area contributed by atoms with E-state index in [2.05, 4.69) is 5.32 Å². The van der Waals surface area contributed by atoms with Crippen LogP contribution in [0.15, 0.2) is 72.8 Å². The number of anilines is 1. The smallest absolute Gasteiger partial charge is 0.287 e. The average Bonchev–Trinajstić information content (AvgIpc) is 2.78. The van der Waals surface area contributed by atoms with Gasteiger partial charge in [0, 0.05) is 17.7 Å². The van der Waals surface area contributed by atoms with E-state index in [-0.39, 0.29) is 11.7 Å². The van der Waals surface area contributed by atoms with Gasteiger partial charge >= 0.3 is 0 Å². The van der Waals surface area contributed by atoms with Gasteiger partial charge in [-0.05, 0) is 42.0 Å². The summed E-state index contributed by atoms with van der Waals surface area (Å²) in [6.45, 7) is 1.85. The van der Waals surface area contributed by atoms with Crippen molar-refractivity contribution in [1.29, 1.82) is 0 Å². The van der Waals surface area contributed by atoms with Crippen LogP contribution in [-0.2, 0) is 11.2 Å². The van der Waals surface area contributed by atoms with Crippen LogP contribution in [0.2, 0.25) is 0 Å². The summed E-state index contributed by atoms with van der Waals surface area (Å²) < 4.78 is 24.4. The highest BCUT2D eigenvalue weighted by atomic mass is 19.1. The molecule has 0 aromatic heterocycles. The van der Waals surface area contributed by atoms with Crippen LogP contribution in [0.3, 0.4) is 0 Å². The van der Waals surface area contributed by atoms with Gasteiger partial charge in [0.1, 0.15) is 19.0 Å². The molecular formula is C24H24FN2O3+. The summed E-state index contributed by atoms with van der Waals surface area (Å²) >= 11 is 0. The highest BCUT2D eigenvalue weighted by Gasteiger charge is 2.24. The maximum Gasteiger partial charge on any atom is 0.287 e. The van der Waals surface area contributed by atoms with Gasteiger partial charge in [0.15, 0.2) is 17.5 Å². The molecule has 6 heteroatoms. The molecule has 0 unspecified atom stereocenters. The molecule has 0 saturated heterocycles. The number of ether oxygens (including phenoxy) is 2. The Morgan fingerprint density at radius 3 is 2.47 bits per heavy atom. The fraction of sp³-hybridized carbons (Fsp3) is 0.208. The van der Waals surface area contributed by atoms with Gasteiger partial charge in [0.25, 0.3) is 5.91 Å². The molecule has 0 fully saturated rings. The number of hydrogen-bond acceptors (Lipinski definition) is 3. The van der Waals surface area contributed by atoms with Gasteiger partial charge < -0.3 is 20.1 Å². The third kappa shape index (κ3) is 4.96. The standard InChI is InChI=1S/C24H23FN2O3/c25-19-7-9-20(10-8-19)27-24(28)23(18-4-2-1-3-5-18)26-13-12-17-6-11-21-22(16-17)30-15-14-29-21/h1-11,16,23,26H,12-15H2,(H,27,28)/p+1/t23-/m1/s1. The van der Waals surface area contributed by atoms with Crippen molar-refractivity contribution < 1.29 is 24.0 Å². The first-order chi connectivity index (χ1) is 14.7. The first kappa shape index (κ1) is 19.9. The second-order valence-electron chi connectivity index (χ2n) is 7.14. The summed E-state index contributed by atoms with van der Waals surface area (Å²) in [5.74, 6) is 1.07. The van der Waals surface area contributed by atoms with Gasteiger partial charge in [-0.3, -0.25) is 4.79 Å². The Labute approximate surface area is 174 Å². The zero-order chi connectivity index (χ0) is 20.8. The molecular weight excluding hydrogens is 383 g/mol. The second kappa shape index (κ2) is 9.41. The van der Waals surface area contributed by atoms with Crippen LogP contribution < -0.4 is 20.1 Å². The molecule has 1 amide bonds. The monoisotopic (exact) mass is 407 g/mol. The maximum absolute atomic E-state index is 13.1. The Morgan fingerprint density at radius 2 is 1.70 bits per heavy atom. The van der Waals surface area contributed by atoms with Crippen LogP contribution in [0, 0.1) is 5.82 Å². The van der Waals surface area contributed by atoms with Crippen LogP contribution in [0.1, 0.15) is 17.2 Å². The quantitative estimate of drug-likeness (QED) is 0.633. The number of halogens is 1. The normalized spacial score (nSPS) is 13.5. The summed E-state index contributed by atoms with van der Waals surface area (Å²) in [6, 6.07) is 21.0. The van der Waals surface area contributed by atoms with Gasteiger partial charge in [0.2, 0.25) is 0 Å². The van der Waals surface area contributed by atoms with Crippen molar-refractivity contribution in [3.63, 3.8) is 0 Å². The van der Waals surface area contributed by atoms with Gasteiger partial charge in [0.05, 0.1) is 6.54 Å². The van der Waals surface area contributed by atoms with Gasteiger partial charge in [-0.1, -0.05) is 36.4 Å². The van der Waals surface area contributed by atoms with E-state index in [1.54, 1.807) is 12.1 Å². The number of nitrogens with one attached hydrogen (secondary N) is 1. The van der Waals surface area contributed by atoms with Crippen molar-refractivity contribution in [1.82, 2.24) is 0 Å². The van der Waals surface area contributed by atoms with E-state index < -0.39 is 6.04 Å². The van der Waals surface area contributed by atoms with E-state index in [9.17, 15) is 9.18 Å². The number of rotatable bonds is 7. The summed E-state index contributed by atoms with van der Waals surface area (Å²) in [4.78, 5) is 13.0. The Hall–Kier alpha value is -3.38. The molecule has 3 aromatic carbocycles. The number of amides is 1. The fourth-order valence-electron chi connectivity index (χ4n) is 3.47. The molecule has 1 heterocycles. The number of benzene rings is 3. The van der Waals surface area contributed by atoms with Gasteiger partial charge in [-0.2, -0.15) is 0 Å². The molecule has 154 valence electrons. The molecule has 4 rings (SSSR count). The molecule has 1 aliphatic rings. The Kier molecular flexibility index (Phi) is 6.25. The molecule has 1 atom stereocenters. The molecule has 30 heavy (non-hydrogen) atoms. The number of quaternary nitrogens is 1. The van der Waals surface area contributed by atoms with Gasteiger partial charge in [-0.25, -0.2) is 4.39 Å². The van der Waals surface area contributed by atoms with Crippen LogP contribution in [-0.4, -0.2) is 25.7 Å². The summed E-state index contributed by atoms with van der Waals surface area (Å²) in [7, 11) is 0. The molecule has 0 aliphatic carbocycles. The number of fused-ring (bicyclic) bond motifs is 1. The van der Waals surface area contributed by atoms with Crippen molar-refractivity contribution in [3.8, 4) is 11.5 Å². The van der Waals surface area contributed by atoms with Crippen LogP contribution in [0.25, 0.3) is 0 Å². The van der Waals surface area contributed by atoms with Crippen molar-refractivity contribution in [2.45, 2.75) is 12.5 Å². The van der Waals surface area contributed by atoms with Crippen molar-refractivity contribution >= 4 is 11.6 Å². The van der Waals surface area contributed by atoms with Gasteiger partial charge in [-0.15, -0.1) is 0 Å². The first-order valence-corrected chi connectivity index (χ1v) is 10.0. The molecule has 1 aliphatic heterocycles. The maximum atomic E-state index is 13.1. The van der Waals surface area contributed by atoms with Crippen LogP contribution in [0.4, 0.5) is 10.1 Å². The van der Waals surface area contributed by atoms with E-state index in [0.717, 1.165) is 35.6 Å². The number of carbonyl (C=O) groups is 1. The van der Waals surface area contributed by atoms with Crippen molar-refractivity contribution in [3.05, 3.63) is 89.7 Å². The molecule has 5 nitrogen and oxygen atoms in total. The average molecular weight is 407 g/mol. The minimum atomic E-state index is -0.409. The number of nitrogens with two attached hydrogens (primary N) is 1. The molecule has 0 bridgehead atoms. The minimum absolute atomic E-state index is 0.144. The van der Waals surface area contributed by atoms with Crippen molar-refractivity contribution in [2.75, 3.05) is 25.1 Å². The lowest BCUT2D eigenvalue weighted by atomic mass is 10.0. The molecule has 0 saturated carbocycles. The highest BCUT2D eigenvalue weighted by Crippen LogP contribution is 2.30. The zero-order valence-electron chi connectivity index (χ0n) is 16.5. The lowest BCUT2D eigenvalue weighted by molar-refractivity contribution is -0.682. The third-order valence-electron chi connectivity index (χ3n) is 4.99. The molecule has 0 radical (unpaired) electrons. The Balaban J connectivity index is 1.42. The fourth-order valence-corrected chi connectivity index (χ4v) is 3.47. The van der Waals surface area contributed by atoms with Crippen LogP contribution >= 0.6 is 0 Å². The minimum Gasteiger partial charge on any atom is -0.486 e. The summed E-state index contributed by atoms with van der Waals surface area (Å²) in [6.07, 6.45) is 0.782. The van der Waals surface area contributed by atoms with Crippen LogP contribution in [0.5, 0.6) is 11.5 Å². The van der Waals surface area contributed by atoms with E-state index >= 15 is 0 Å². The topological polar surface area (TPSA) is 64.2 Å². The predicted molar refractivity (Wildman–Crippen MR) is 112 cm³/mol. The van der Waals surface area contributed by atoms with E-state index in [4.69, 9.17) is 9.47 Å². The second-order valence-corrected chi connectivity index (χ2v) is 7.14. The lowest BCUT2D eigenvalue weighted by Gasteiger charge is -2.19.